The van der Waals surface area contributed by atoms with Gasteiger partial charge in [0.1, 0.15) is 16.5 Å². The number of thiazole rings is 1. The number of aryl methyl sites for hydroxylation is 2. The van der Waals surface area contributed by atoms with Crippen LogP contribution in [0.4, 0.5) is 9.52 Å². The van der Waals surface area contributed by atoms with Crippen LogP contribution in [-0.4, -0.2) is 34.9 Å². The Hall–Kier alpha value is -3.56. The number of ketones is 1. The van der Waals surface area contributed by atoms with Crippen LogP contribution in [0.25, 0.3) is 5.76 Å². The van der Waals surface area contributed by atoms with Gasteiger partial charge in [-0.05, 0) is 43.2 Å². The molecule has 1 N–H and O–H groups in total. The molecule has 2 aromatic carbocycles. The monoisotopic (exact) mass is 500 g/mol. The maximum Gasteiger partial charge on any atom is 0.350 e. The number of amides is 1. The average Bonchev–Trinajstić information content (AvgIpc) is 3.32. The molecular weight excluding hydrogens is 483 g/mol. The summed E-state index contributed by atoms with van der Waals surface area (Å²) < 4.78 is 19.0. The molecule has 0 unspecified atom stereocenters. The van der Waals surface area contributed by atoms with Gasteiger partial charge < -0.3 is 9.84 Å². The lowest BCUT2D eigenvalue weighted by Gasteiger charge is -2.23. The van der Waals surface area contributed by atoms with E-state index in [1.165, 1.54) is 19.2 Å². The van der Waals surface area contributed by atoms with Crippen LogP contribution in [0.15, 0.2) is 48.0 Å². The van der Waals surface area contributed by atoms with Crippen LogP contribution >= 0.6 is 22.9 Å². The molecule has 0 bridgehead atoms. The molecule has 174 valence electrons. The minimum Gasteiger partial charge on any atom is -0.507 e. The second-order valence-corrected chi connectivity index (χ2v) is 9.00. The van der Waals surface area contributed by atoms with Gasteiger partial charge in [-0.1, -0.05) is 47.2 Å². The molecule has 7 nitrogen and oxygen atoms in total. The highest BCUT2D eigenvalue weighted by Crippen LogP contribution is 2.44. The lowest BCUT2D eigenvalue weighted by molar-refractivity contribution is -0.132. The van der Waals surface area contributed by atoms with E-state index in [4.69, 9.17) is 16.3 Å². The fourth-order valence-corrected chi connectivity index (χ4v) is 4.79. The Bertz CT molecular complexity index is 1370. The lowest BCUT2D eigenvalue weighted by atomic mass is 9.95. The number of Topliss-reactive ketones (excluding diaryl/α,β-unsaturated/α-hetero) is 1. The van der Waals surface area contributed by atoms with Gasteiger partial charge in [0.05, 0.1) is 24.4 Å². The van der Waals surface area contributed by atoms with Crippen molar-refractivity contribution in [3.8, 4) is 0 Å². The summed E-state index contributed by atoms with van der Waals surface area (Å²) in [5, 5.41) is 11.6. The molecule has 4 rings (SSSR count). The van der Waals surface area contributed by atoms with Gasteiger partial charge in [-0.15, -0.1) is 0 Å². The molecule has 0 radical (unpaired) electrons. The van der Waals surface area contributed by atoms with Crippen molar-refractivity contribution < 1.29 is 28.6 Å². The first-order valence-electron chi connectivity index (χ1n) is 10.0. The molecular formula is C24H18ClFN2O5S. The molecule has 34 heavy (non-hydrogen) atoms. The smallest absolute Gasteiger partial charge is 0.350 e. The van der Waals surface area contributed by atoms with Crippen molar-refractivity contribution in [3.05, 3.63) is 86.1 Å². The zero-order chi connectivity index (χ0) is 24.7. The van der Waals surface area contributed by atoms with Gasteiger partial charge in [-0.2, -0.15) is 0 Å². The number of esters is 1. The van der Waals surface area contributed by atoms with Gasteiger partial charge in [0.2, 0.25) is 0 Å². The Morgan fingerprint density at radius 1 is 1.18 bits per heavy atom. The van der Waals surface area contributed by atoms with Crippen LogP contribution in [0.5, 0.6) is 0 Å². The fraction of sp³-hybridized carbons (Fsp3) is 0.167. The minimum absolute atomic E-state index is 0.0469. The Morgan fingerprint density at radius 2 is 1.85 bits per heavy atom. The molecule has 0 spiro atoms. The number of aliphatic hydroxyl groups excluding tert-OH is 1. The number of halogens is 2. The highest BCUT2D eigenvalue weighted by Gasteiger charge is 2.48. The predicted molar refractivity (Wildman–Crippen MR) is 126 cm³/mol. The van der Waals surface area contributed by atoms with E-state index in [9.17, 15) is 23.9 Å². The molecule has 1 fully saturated rings. The van der Waals surface area contributed by atoms with E-state index in [0.717, 1.165) is 22.3 Å². The third-order valence-electron chi connectivity index (χ3n) is 5.44. The van der Waals surface area contributed by atoms with Crippen molar-refractivity contribution in [2.75, 3.05) is 12.0 Å². The molecule has 1 aliphatic rings. The SMILES string of the molecule is COC(=O)c1sc(N2C(=O)C(=O)C(=C(O)c3ccc(C)c(F)c3)[C@H]2c2ccc(Cl)cc2)nc1C. The van der Waals surface area contributed by atoms with E-state index in [1.807, 2.05) is 0 Å². The van der Waals surface area contributed by atoms with Crippen LogP contribution in [0, 0.1) is 19.7 Å². The van der Waals surface area contributed by atoms with Gasteiger partial charge in [-0.3, -0.25) is 14.5 Å². The zero-order valence-corrected chi connectivity index (χ0v) is 19.8. The standard InChI is InChI=1S/C24H18ClFN2O5S/c1-11-4-5-14(10-16(11)26)19(29)17-18(13-6-8-15(25)9-7-13)28(22(31)20(17)30)24-27-12(2)21(34-24)23(32)33-3/h4-10,18,29H,1-3H3/t18-/m1/s1. The summed E-state index contributed by atoms with van der Waals surface area (Å²) in [6.45, 7) is 3.14. The Kier molecular flexibility index (Phi) is 6.24. The maximum atomic E-state index is 14.2. The second kappa shape index (κ2) is 9.00. The highest BCUT2D eigenvalue weighted by molar-refractivity contribution is 7.17. The van der Waals surface area contributed by atoms with E-state index in [-0.39, 0.29) is 21.1 Å². The summed E-state index contributed by atoms with van der Waals surface area (Å²) in [6.07, 6.45) is 0. The molecule has 10 heteroatoms. The molecule has 1 aromatic heterocycles. The number of nitrogens with zero attached hydrogens (tertiary/aromatic N) is 2. The van der Waals surface area contributed by atoms with Gasteiger partial charge in [-0.25, -0.2) is 14.2 Å². The van der Waals surface area contributed by atoms with Crippen molar-refractivity contribution in [1.29, 1.82) is 0 Å². The van der Waals surface area contributed by atoms with Crippen LogP contribution < -0.4 is 4.90 Å². The normalized spacial score (nSPS) is 17.3. The van der Waals surface area contributed by atoms with Crippen molar-refractivity contribution >= 4 is 51.5 Å². The number of aliphatic hydroxyl groups is 1. The Labute approximate surface area is 203 Å². The molecule has 3 aromatic rings. The maximum absolute atomic E-state index is 14.2. The first-order chi connectivity index (χ1) is 16.1. The number of carbonyl (C=O) groups excluding carboxylic acids is 3. The number of hydrogen-bond acceptors (Lipinski definition) is 7. The van der Waals surface area contributed by atoms with Crippen molar-refractivity contribution in [1.82, 2.24) is 4.98 Å². The predicted octanol–water partition coefficient (Wildman–Crippen LogP) is 4.97. The van der Waals surface area contributed by atoms with Crippen LogP contribution in [0.3, 0.4) is 0 Å². The van der Waals surface area contributed by atoms with E-state index in [1.54, 1.807) is 38.1 Å². The van der Waals surface area contributed by atoms with Gasteiger partial charge in [0.25, 0.3) is 5.78 Å². The largest absolute Gasteiger partial charge is 0.507 e. The summed E-state index contributed by atoms with van der Waals surface area (Å²) in [5.41, 5.74) is 0.961. The minimum atomic E-state index is -1.09. The lowest BCUT2D eigenvalue weighted by Crippen LogP contribution is -2.29. The van der Waals surface area contributed by atoms with E-state index in [2.05, 4.69) is 4.98 Å². The van der Waals surface area contributed by atoms with Gasteiger partial charge in [0, 0.05) is 10.6 Å². The van der Waals surface area contributed by atoms with Crippen molar-refractivity contribution in [2.45, 2.75) is 19.9 Å². The molecule has 1 amide bonds. The summed E-state index contributed by atoms with van der Waals surface area (Å²) in [5.74, 6) is -3.64. The molecule has 1 atom stereocenters. The molecule has 1 saturated heterocycles. The molecule has 0 saturated carbocycles. The third kappa shape index (κ3) is 3.97. The first-order valence-corrected chi connectivity index (χ1v) is 11.2. The van der Waals surface area contributed by atoms with E-state index >= 15 is 0 Å². The number of methoxy groups -OCH3 is 1. The van der Waals surface area contributed by atoms with E-state index in [0.29, 0.717) is 21.8 Å². The number of benzene rings is 2. The topological polar surface area (TPSA) is 96.8 Å². The molecule has 0 aliphatic carbocycles. The first kappa shape index (κ1) is 23.6. The van der Waals surface area contributed by atoms with Gasteiger partial charge >= 0.3 is 11.9 Å². The zero-order valence-electron chi connectivity index (χ0n) is 18.3. The van der Waals surface area contributed by atoms with Crippen molar-refractivity contribution in [2.24, 2.45) is 0 Å². The summed E-state index contributed by atoms with van der Waals surface area (Å²) in [4.78, 5) is 44.0. The van der Waals surface area contributed by atoms with Crippen LogP contribution in [0.1, 0.15) is 38.1 Å². The summed E-state index contributed by atoms with van der Waals surface area (Å²) in [7, 11) is 1.22. The third-order valence-corrected chi connectivity index (χ3v) is 6.83. The van der Waals surface area contributed by atoms with Crippen LogP contribution in [-0.2, 0) is 14.3 Å². The fourth-order valence-electron chi connectivity index (χ4n) is 3.65. The number of anilines is 1. The van der Waals surface area contributed by atoms with Crippen LogP contribution in [0.2, 0.25) is 5.02 Å². The highest BCUT2D eigenvalue weighted by atomic mass is 35.5. The van der Waals surface area contributed by atoms with Crippen molar-refractivity contribution in [3.63, 3.8) is 0 Å². The number of rotatable bonds is 4. The Balaban J connectivity index is 1.94. The summed E-state index contributed by atoms with van der Waals surface area (Å²) in [6, 6.07) is 9.31. The van der Waals surface area contributed by atoms with Gasteiger partial charge in [0.15, 0.2) is 5.13 Å². The molecule has 2 heterocycles. The summed E-state index contributed by atoms with van der Waals surface area (Å²) >= 11 is 6.91. The average molecular weight is 501 g/mol. The molecule has 1 aliphatic heterocycles. The number of carbonyl (C=O) groups is 3. The number of aromatic nitrogens is 1. The van der Waals surface area contributed by atoms with E-state index < -0.39 is 35.3 Å². The quantitative estimate of drug-likeness (QED) is 0.235. The second-order valence-electron chi connectivity index (χ2n) is 7.59. The number of ether oxygens (including phenoxy) is 1. The Morgan fingerprint density at radius 3 is 2.47 bits per heavy atom. The number of hydrogen-bond donors (Lipinski definition) is 1.